The summed E-state index contributed by atoms with van der Waals surface area (Å²) >= 11 is 3.47. The van der Waals surface area contributed by atoms with Crippen LogP contribution in [0.1, 0.15) is 44.3 Å². The first-order valence-corrected chi connectivity index (χ1v) is 8.95. The number of hydrogen-bond donors (Lipinski definition) is 1. The van der Waals surface area contributed by atoms with Crippen molar-refractivity contribution in [3.8, 4) is 10.6 Å². The smallest absolute Gasteiger partial charge is 0.183 e. The van der Waals surface area contributed by atoms with E-state index in [0.29, 0.717) is 5.92 Å². The highest BCUT2D eigenvalue weighted by Gasteiger charge is 2.13. The summed E-state index contributed by atoms with van der Waals surface area (Å²) < 4.78 is 0. The minimum Gasteiger partial charge on any atom is -0.362 e. The highest BCUT2D eigenvalue weighted by molar-refractivity contribution is 7.16. The molecule has 2 heterocycles. The van der Waals surface area contributed by atoms with Gasteiger partial charge in [-0.2, -0.15) is 0 Å². The van der Waals surface area contributed by atoms with Crippen LogP contribution >= 0.6 is 22.7 Å². The van der Waals surface area contributed by atoms with Gasteiger partial charge in [-0.15, -0.1) is 22.7 Å². The lowest BCUT2D eigenvalue weighted by Gasteiger charge is -1.99. The van der Waals surface area contributed by atoms with Crippen LogP contribution in [-0.2, 0) is 6.42 Å². The lowest BCUT2D eigenvalue weighted by molar-refractivity contribution is 0.643. The second kappa shape index (κ2) is 7.18. The highest BCUT2D eigenvalue weighted by atomic mass is 32.1. The monoisotopic (exact) mass is 309 g/mol. The normalized spacial score (nSPS) is 11.2. The second-order valence-electron chi connectivity index (χ2n) is 5.44. The number of hydrogen-bond acceptors (Lipinski definition) is 5. The summed E-state index contributed by atoms with van der Waals surface area (Å²) in [5, 5.41) is 7.76. The van der Waals surface area contributed by atoms with Crippen LogP contribution in [0.4, 0.5) is 5.13 Å². The second-order valence-corrected chi connectivity index (χ2v) is 7.38. The van der Waals surface area contributed by atoms with E-state index in [4.69, 9.17) is 0 Å². The molecule has 0 radical (unpaired) electrons. The Balaban J connectivity index is 2.09. The van der Waals surface area contributed by atoms with Gasteiger partial charge in [-0.1, -0.05) is 27.2 Å². The molecular weight excluding hydrogens is 286 g/mol. The zero-order valence-electron chi connectivity index (χ0n) is 12.7. The Morgan fingerprint density at radius 2 is 2.10 bits per heavy atom. The number of unbranched alkanes of at least 4 members (excludes halogenated alkanes) is 1. The van der Waals surface area contributed by atoms with Crippen molar-refractivity contribution in [1.82, 2.24) is 9.97 Å². The van der Waals surface area contributed by atoms with Gasteiger partial charge in [0.2, 0.25) is 0 Å². The van der Waals surface area contributed by atoms with Crippen LogP contribution in [0.2, 0.25) is 0 Å². The molecule has 2 aromatic rings. The van der Waals surface area contributed by atoms with Gasteiger partial charge in [0.05, 0.1) is 21.3 Å². The Kier molecular flexibility index (Phi) is 5.54. The van der Waals surface area contributed by atoms with E-state index in [-0.39, 0.29) is 0 Å². The summed E-state index contributed by atoms with van der Waals surface area (Å²) in [6.45, 7) is 9.75. The maximum atomic E-state index is 4.68. The van der Waals surface area contributed by atoms with E-state index < -0.39 is 0 Å². The fourth-order valence-electron chi connectivity index (χ4n) is 1.96. The molecular formula is C15H23N3S2. The molecule has 0 saturated heterocycles. The topological polar surface area (TPSA) is 37.8 Å². The molecule has 20 heavy (non-hydrogen) atoms. The largest absolute Gasteiger partial charge is 0.362 e. The van der Waals surface area contributed by atoms with Crippen molar-refractivity contribution in [1.29, 1.82) is 0 Å². The Hall–Kier alpha value is -0.940. The number of nitrogens with one attached hydrogen (secondary N) is 1. The van der Waals surface area contributed by atoms with Crippen LogP contribution < -0.4 is 5.32 Å². The molecule has 1 N–H and O–H groups in total. The lowest BCUT2D eigenvalue weighted by Crippen LogP contribution is -1.99. The molecule has 0 bridgehead atoms. The Morgan fingerprint density at radius 1 is 1.30 bits per heavy atom. The average Bonchev–Trinajstić information content (AvgIpc) is 2.96. The van der Waals surface area contributed by atoms with Crippen LogP contribution in [0.3, 0.4) is 0 Å². The van der Waals surface area contributed by atoms with Crippen LogP contribution in [0.15, 0.2) is 5.38 Å². The van der Waals surface area contributed by atoms with Crippen molar-refractivity contribution >= 4 is 27.8 Å². The van der Waals surface area contributed by atoms with Crippen molar-refractivity contribution in [2.24, 2.45) is 5.92 Å². The number of thiazole rings is 2. The number of anilines is 1. The zero-order valence-corrected chi connectivity index (χ0v) is 14.3. The molecule has 2 rings (SSSR count). The van der Waals surface area contributed by atoms with Crippen LogP contribution in [0.25, 0.3) is 10.6 Å². The first-order valence-electron chi connectivity index (χ1n) is 7.26. The Labute approximate surface area is 129 Å². The molecule has 2 aromatic heterocycles. The van der Waals surface area contributed by atoms with Gasteiger partial charge in [0, 0.05) is 18.3 Å². The maximum absolute atomic E-state index is 4.68. The van der Waals surface area contributed by atoms with Gasteiger partial charge >= 0.3 is 0 Å². The predicted molar refractivity (Wildman–Crippen MR) is 89.9 cm³/mol. The Morgan fingerprint density at radius 3 is 2.80 bits per heavy atom. The minimum atomic E-state index is 0.648. The van der Waals surface area contributed by atoms with E-state index in [2.05, 4.69) is 48.4 Å². The molecule has 110 valence electrons. The fourth-order valence-corrected chi connectivity index (χ4v) is 4.00. The van der Waals surface area contributed by atoms with E-state index in [9.17, 15) is 0 Å². The van der Waals surface area contributed by atoms with E-state index in [1.807, 2.05) is 0 Å². The first kappa shape index (κ1) is 15.4. The third-order valence-electron chi connectivity index (χ3n) is 2.97. The number of aryl methyl sites for hydroxylation is 1. The SMILES string of the molecule is CCCCNc1nc(-c2sc(CC(C)C)nc2C)cs1. The summed E-state index contributed by atoms with van der Waals surface area (Å²) in [7, 11) is 0. The molecule has 0 atom stereocenters. The van der Waals surface area contributed by atoms with E-state index >= 15 is 0 Å². The van der Waals surface area contributed by atoms with Crippen LogP contribution in [-0.4, -0.2) is 16.5 Å². The summed E-state index contributed by atoms with van der Waals surface area (Å²) in [6.07, 6.45) is 3.45. The van der Waals surface area contributed by atoms with Gasteiger partial charge in [0.1, 0.15) is 0 Å². The van der Waals surface area contributed by atoms with Crippen molar-refractivity contribution in [3.63, 3.8) is 0 Å². The number of aromatic nitrogens is 2. The summed E-state index contributed by atoms with van der Waals surface area (Å²) in [6, 6.07) is 0. The third kappa shape index (κ3) is 4.03. The van der Waals surface area contributed by atoms with Crippen molar-refractivity contribution in [2.45, 2.75) is 47.0 Å². The molecule has 0 aliphatic heterocycles. The molecule has 0 aliphatic carbocycles. The highest BCUT2D eigenvalue weighted by Crippen LogP contribution is 2.33. The van der Waals surface area contributed by atoms with Crippen molar-refractivity contribution in [2.75, 3.05) is 11.9 Å². The Bertz CT molecular complexity index is 543. The molecule has 3 nitrogen and oxygen atoms in total. The van der Waals surface area contributed by atoms with E-state index in [0.717, 1.165) is 29.5 Å². The maximum Gasteiger partial charge on any atom is 0.183 e. The van der Waals surface area contributed by atoms with Crippen molar-refractivity contribution < 1.29 is 0 Å². The summed E-state index contributed by atoms with van der Waals surface area (Å²) in [5.41, 5.74) is 2.18. The zero-order chi connectivity index (χ0) is 14.5. The number of rotatable bonds is 7. The minimum absolute atomic E-state index is 0.648. The predicted octanol–water partition coefficient (Wildman–Crippen LogP) is 4.99. The average molecular weight is 310 g/mol. The summed E-state index contributed by atoms with van der Waals surface area (Å²) in [4.78, 5) is 10.6. The van der Waals surface area contributed by atoms with Crippen molar-refractivity contribution in [3.05, 3.63) is 16.1 Å². The molecule has 0 spiro atoms. The van der Waals surface area contributed by atoms with Gasteiger partial charge in [-0.3, -0.25) is 0 Å². The van der Waals surface area contributed by atoms with E-state index in [1.54, 1.807) is 22.7 Å². The number of nitrogens with zero attached hydrogens (tertiary/aromatic N) is 2. The van der Waals surface area contributed by atoms with Gasteiger partial charge in [-0.25, -0.2) is 9.97 Å². The third-order valence-corrected chi connectivity index (χ3v) is 4.97. The first-order chi connectivity index (χ1) is 9.60. The standard InChI is InChI=1S/C15H23N3S2/c1-5-6-7-16-15-18-12(9-19-15)14-11(4)17-13(20-14)8-10(2)3/h9-10H,5-8H2,1-4H3,(H,16,18). The van der Waals surface area contributed by atoms with Gasteiger partial charge in [0.25, 0.3) is 0 Å². The molecule has 0 amide bonds. The van der Waals surface area contributed by atoms with Crippen LogP contribution in [0.5, 0.6) is 0 Å². The molecule has 0 saturated carbocycles. The molecule has 0 aromatic carbocycles. The van der Waals surface area contributed by atoms with Crippen LogP contribution in [0, 0.1) is 12.8 Å². The van der Waals surface area contributed by atoms with Gasteiger partial charge < -0.3 is 5.32 Å². The molecule has 0 unspecified atom stereocenters. The summed E-state index contributed by atoms with van der Waals surface area (Å²) in [5.74, 6) is 0.648. The molecule has 0 fully saturated rings. The van der Waals surface area contributed by atoms with Gasteiger partial charge in [-0.05, 0) is 19.3 Å². The molecule has 0 aliphatic rings. The van der Waals surface area contributed by atoms with E-state index in [1.165, 1.54) is 22.7 Å². The fraction of sp³-hybridized carbons (Fsp3) is 0.600. The molecule has 5 heteroatoms. The quantitative estimate of drug-likeness (QED) is 0.732. The van der Waals surface area contributed by atoms with Gasteiger partial charge in [0.15, 0.2) is 5.13 Å². The lowest BCUT2D eigenvalue weighted by atomic mass is 10.1.